The summed E-state index contributed by atoms with van der Waals surface area (Å²) in [7, 11) is -1.34. The minimum absolute atomic E-state index is 0.0214. The molecule has 118 valence electrons. The van der Waals surface area contributed by atoms with Gasteiger partial charge in [-0.2, -0.15) is 9.97 Å². The molecule has 0 radical (unpaired) electrons. The number of halogens is 1. The Morgan fingerprint density at radius 1 is 1.09 bits per heavy atom. The van der Waals surface area contributed by atoms with Crippen LogP contribution in [0.2, 0.25) is 0 Å². The number of hydrogen-bond donors (Lipinski definition) is 1. The summed E-state index contributed by atoms with van der Waals surface area (Å²) in [5, 5.41) is 0. The van der Waals surface area contributed by atoms with Crippen LogP contribution in [0, 0.1) is 5.82 Å². The Hall–Kier alpha value is -2.33. The highest BCUT2D eigenvalue weighted by Gasteiger charge is 2.19. The number of sulfonamides is 1. The van der Waals surface area contributed by atoms with E-state index in [0.717, 1.165) is 12.1 Å². The highest BCUT2D eigenvalue weighted by Crippen LogP contribution is 2.14. The molecule has 0 aliphatic rings. The fraction of sp³-hybridized carbons (Fsp3) is 0.250. The van der Waals surface area contributed by atoms with Crippen LogP contribution in [0.3, 0.4) is 0 Å². The molecule has 0 spiro atoms. The van der Waals surface area contributed by atoms with Crippen LogP contribution in [0.4, 0.5) is 4.39 Å². The summed E-state index contributed by atoms with van der Waals surface area (Å²) in [6.45, 7) is -0.272. The molecule has 0 bridgehead atoms. The second kappa shape index (κ2) is 6.62. The number of nitrogens with one attached hydrogen (secondary N) is 1. The van der Waals surface area contributed by atoms with Gasteiger partial charge in [0.15, 0.2) is 5.82 Å². The van der Waals surface area contributed by atoms with E-state index in [4.69, 9.17) is 9.47 Å². The second-order valence-corrected chi connectivity index (χ2v) is 5.72. The van der Waals surface area contributed by atoms with Crippen LogP contribution in [0.25, 0.3) is 0 Å². The minimum Gasteiger partial charge on any atom is -0.467 e. The van der Waals surface area contributed by atoms with Crippen molar-refractivity contribution in [3.63, 3.8) is 0 Å². The molecule has 1 aromatic heterocycles. The third-order valence-electron chi connectivity index (χ3n) is 2.55. The number of ether oxygens (including phenoxy) is 2. The zero-order chi connectivity index (χ0) is 16.2. The molecule has 0 aliphatic carbocycles. The van der Waals surface area contributed by atoms with Gasteiger partial charge >= 0.3 is 12.0 Å². The maximum atomic E-state index is 13.5. The van der Waals surface area contributed by atoms with E-state index in [0.29, 0.717) is 0 Å². The van der Waals surface area contributed by atoms with E-state index in [1.165, 1.54) is 26.4 Å². The Bertz CT molecular complexity index is 747. The highest BCUT2D eigenvalue weighted by atomic mass is 32.2. The first-order valence-electron chi connectivity index (χ1n) is 6.03. The largest absolute Gasteiger partial charge is 0.467 e. The van der Waals surface area contributed by atoms with E-state index < -0.39 is 20.7 Å². The molecule has 1 aromatic carbocycles. The maximum Gasteiger partial charge on any atom is 0.322 e. The van der Waals surface area contributed by atoms with E-state index in [-0.39, 0.29) is 24.4 Å². The number of benzene rings is 1. The summed E-state index contributed by atoms with van der Waals surface area (Å²) in [6.07, 6.45) is 0. The van der Waals surface area contributed by atoms with E-state index in [9.17, 15) is 12.8 Å². The zero-order valence-corrected chi connectivity index (χ0v) is 12.6. The van der Waals surface area contributed by atoms with Gasteiger partial charge in [-0.05, 0) is 12.1 Å². The summed E-state index contributed by atoms with van der Waals surface area (Å²) in [5.41, 5.74) is 0. The summed E-state index contributed by atoms with van der Waals surface area (Å²) in [6, 6.07) is 5.00. The van der Waals surface area contributed by atoms with Gasteiger partial charge in [-0.1, -0.05) is 12.1 Å². The van der Waals surface area contributed by atoms with Crippen molar-refractivity contribution >= 4 is 10.0 Å². The number of methoxy groups -OCH3 is 2. The molecule has 0 saturated heterocycles. The molecule has 0 unspecified atom stereocenters. The Balaban J connectivity index is 2.21. The molecule has 1 N–H and O–H groups in total. The molecule has 2 aromatic rings. The van der Waals surface area contributed by atoms with Gasteiger partial charge in [0.05, 0.1) is 20.8 Å². The van der Waals surface area contributed by atoms with Crippen molar-refractivity contribution in [2.45, 2.75) is 11.4 Å². The van der Waals surface area contributed by atoms with Crippen LogP contribution >= 0.6 is 0 Å². The van der Waals surface area contributed by atoms with Gasteiger partial charge in [-0.25, -0.2) is 17.5 Å². The van der Waals surface area contributed by atoms with Crippen LogP contribution in [0.15, 0.2) is 29.2 Å². The SMILES string of the molecule is COc1nc(CNS(=O)(=O)c2ccccc2F)nc(OC)n1. The van der Waals surface area contributed by atoms with Crippen LogP contribution in [0.5, 0.6) is 12.0 Å². The van der Waals surface area contributed by atoms with Crippen LogP contribution in [0.1, 0.15) is 5.82 Å². The molecule has 8 nitrogen and oxygen atoms in total. The van der Waals surface area contributed by atoms with Gasteiger partial charge in [-0.15, -0.1) is 4.98 Å². The van der Waals surface area contributed by atoms with Crippen molar-refractivity contribution in [2.75, 3.05) is 14.2 Å². The Morgan fingerprint density at radius 3 is 2.23 bits per heavy atom. The smallest absolute Gasteiger partial charge is 0.322 e. The normalized spacial score (nSPS) is 11.2. The molecule has 1 heterocycles. The number of aromatic nitrogens is 3. The Kier molecular flexibility index (Phi) is 4.83. The van der Waals surface area contributed by atoms with E-state index in [1.54, 1.807) is 0 Å². The summed E-state index contributed by atoms with van der Waals surface area (Å²) in [5.74, 6) is -0.774. The molecular weight excluding hydrogens is 315 g/mol. The van der Waals surface area contributed by atoms with Gasteiger partial charge in [0.1, 0.15) is 10.7 Å². The number of hydrogen-bond acceptors (Lipinski definition) is 7. The summed E-state index contributed by atoms with van der Waals surface area (Å²) >= 11 is 0. The van der Waals surface area contributed by atoms with Crippen molar-refractivity contribution in [3.8, 4) is 12.0 Å². The van der Waals surface area contributed by atoms with Gasteiger partial charge in [-0.3, -0.25) is 0 Å². The fourth-order valence-corrected chi connectivity index (χ4v) is 2.60. The summed E-state index contributed by atoms with van der Waals surface area (Å²) < 4.78 is 49.6. The lowest BCUT2D eigenvalue weighted by atomic mass is 10.4. The van der Waals surface area contributed by atoms with Crippen molar-refractivity contribution < 1.29 is 22.3 Å². The average Bonchev–Trinajstić information content (AvgIpc) is 2.53. The lowest BCUT2D eigenvalue weighted by Gasteiger charge is -2.08. The fourth-order valence-electron chi connectivity index (χ4n) is 1.54. The zero-order valence-electron chi connectivity index (χ0n) is 11.8. The quantitative estimate of drug-likeness (QED) is 0.824. The molecule has 10 heteroatoms. The second-order valence-electron chi connectivity index (χ2n) is 3.98. The van der Waals surface area contributed by atoms with Crippen LogP contribution in [-0.4, -0.2) is 37.6 Å². The standard InChI is InChI=1S/C12H13FN4O4S/c1-20-11-15-10(16-12(17-11)21-2)7-14-22(18,19)9-6-4-3-5-8(9)13/h3-6,14H,7H2,1-2H3. The number of rotatable bonds is 6. The predicted molar refractivity (Wildman–Crippen MR) is 73.4 cm³/mol. The molecule has 0 atom stereocenters. The van der Waals surface area contributed by atoms with E-state index in [2.05, 4.69) is 19.7 Å². The first-order chi connectivity index (χ1) is 10.5. The van der Waals surface area contributed by atoms with Gasteiger partial charge in [0, 0.05) is 0 Å². The van der Waals surface area contributed by atoms with Crippen molar-refractivity contribution in [2.24, 2.45) is 0 Å². The van der Waals surface area contributed by atoms with Gasteiger partial charge < -0.3 is 9.47 Å². The molecule has 22 heavy (non-hydrogen) atoms. The molecular formula is C12H13FN4O4S. The molecule has 0 fully saturated rings. The van der Waals surface area contributed by atoms with Gasteiger partial charge in [0.25, 0.3) is 0 Å². The Labute approximate surface area is 126 Å². The molecule has 0 amide bonds. The third-order valence-corrected chi connectivity index (χ3v) is 3.99. The lowest BCUT2D eigenvalue weighted by molar-refractivity contribution is 0.336. The monoisotopic (exact) mass is 328 g/mol. The lowest BCUT2D eigenvalue weighted by Crippen LogP contribution is -2.25. The number of nitrogens with zero attached hydrogens (tertiary/aromatic N) is 3. The molecule has 2 rings (SSSR count). The third kappa shape index (κ3) is 3.65. The topological polar surface area (TPSA) is 103 Å². The summed E-state index contributed by atoms with van der Waals surface area (Å²) in [4.78, 5) is 11.1. The molecule has 0 aliphatic heterocycles. The van der Waals surface area contributed by atoms with Crippen LogP contribution in [-0.2, 0) is 16.6 Å². The minimum atomic E-state index is -4.04. The van der Waals surface area contributed by atoms with Crippen molar-refractivity contribution in [1.82, 2.24) is 19.7 Å². The van der Waals surface area contributed by atoms with Crippen LogP contribution < -0.4 is 14.2 Å². The van der Waals surface area contributed by atoms with E-state index >= 15 is 0 Å². The average molecular weight is 328 g/mol. The van der Waals surface area contributed by atoms with Crippen molar-refractivity contribution in [3.05, 3.63) is 35.9 Å². The molecule has 0 saturated carbocycles. The van der Waals surface area contributed by atoms with Gasteiger partial charge in [0.2, 0.25) is 10.0 Å². The maximum absolute atomic E-state index is 13.5. The Morgan fingerprint density at radius 2 is 1.68 bits per heavy atom. The predicted octanol–water partition coefficient (Wildman–Crippen LogP) is 0.506. The van der Waals surface area contributed by atoms with Crippen molar-refractivity contribution in [1.29, 1.82) is 0 Å². The highest BCUT2D eigenvalue weighted by molar-refractivity contribution is 7.89. The van der Waals surface area contributed by atoms with E-state index in [1.807, 2.05) is 0 Å². The first kappa shape index (κ1) is 16.0. The first-order valence-corrected chi connectivity index (χ1v) is 7.51.